The number of methoxy groups -OCH3 is 1. The molecule has 0 aromatic carbocycles. The summed E-state index contributed by atoms with van der Waals surface area (Å²) in [4.78, 5) is 0. The van der Waals surface area contributed by atoms with Crippen LogP contribution in [0.15, 0.2) is 0 Å². The van der Waals surface area contributed by atoms with Gasteiger partial charge in [0, 0.05) is 13.0 Å². The molecule has 9 heteroatoms. The Hall–Kier alpha value is -1.48. The highest BCUT2D eigenvalue weighted by Crippen LogP contribution is 2.72. The van der Waals surface area contributed by atoms with E-state index in [1.807, 2.05) is 0 Å². The first-order chi connectivity index (χ1) is 8.47. The minimum Gasteiger partial charge on any atom is -0.379 e. The van der Waals surface area contributed by atoms with Gasteiger partial charge in [-0.05, 0) is 0 Å². The van der Waals surface area contributed by atoms with E-state index >= 15 is 0 Å². The molecule has 106 valence electrons. The molecule has 1 rings (SSSR count). The lowest BCUT2D eigenvalue weighted by Crippen LogP contribution is -2.77. The van der Waals surface area contributed by atoms with E-state index in [1.54, 1.807) is 0 Å². The van der Waals surface area contributed by atoms with Crippen molar-refractivity contribution in [1.82, 2.24) is 0 Å². The van der Waals surface area contributed by atoms with Gasteiger partial charge in [-0.15, -0.1) is 0 Å². The Morgan fingerprint density at radius 3 is 1.53 bits per heavy atom. The van der Waals surface area contributed by atoms with Gasteiger partial charge < -0.3 is 4.74 Å². The van der Waals surface area contributed by atoms with Crippen LogP contribution in [0.1, 0.15) is 6.92 Å². The number of ether oxygens (including phenoxy) is 1. The normalized spacial score (nSPS) is 39.1. The molecule has 0 spiro atoms. The Morgan fingerprint density at radius 1 is 0.947 bits per heavy atom. The highest BCUT2D eigenvalue weighted by molar-refractivity contribution is 5.37. The van der Waals surface area contributed by atoms with Crippen molar-refractivity contribution in [1.29, 1.82) is 10.5 Å². The number of nitrogens with zero attached hydrogens (tertiary/aromatic N) is 2. The minimum atomic E-state index is -5.54. The third-order valence-corrected chi connectivity index (χ3v) is 3.69. The smallest absolute Gasteiger partial charge is 0.379 e. The molecular formula is C10H8F6N2O. The molecule has 0 aromatic heterocycles. The summed E-state index contributed by atoms with van der Waals surface area (Å²) in [6.45, 7) is 0.812. The number of alkyl halides is 6. The third-order valence-electron chi connectivity index (χ3n) is 3.69. The van der Waals surface area contributed by atoms with Crippen LogP contribution in [0.25, 0.3) is 0 Å². The van der Waals surface area contributed by atoms with Gasteiger partial charge in [0.25, 0.3) is 0 Å². The molecule has 1 saturated carbocycles. The zero-order valence-corrected chi connectivity index (χ0v) is 9.73. The van der Waals surface area contributed by atoms with Gasteiger partial charge in [0.1, 0.15) is 0 Å². The number of nitriles is 2. The van der Waals surface area contributed by atoms with E-state index < -0.39 is 35.2 Å². The molecule has 0 aliphatic heterocycles. The van der Waals surface area contributed by atoms with Gasteiger partial charge in [-0.1, -0.05) is 6.92 Å². The second kappa shape index (κ2) is 4.01. The van der Waals surface area contributed by atoms with Gasteiger partial charge >= 0.3 is 12.4 Å². The molecule has 4 atom stereocenters. The average molecular weight is 286 g/mol. The summed E-state index contributed by atoms with van der Waals surface area (Å²) < 4.78 is 82.5. The van der Waals surface area contributed by atoms with Crippen LogP contribution in [-0.4, -0.2) is 25.6 Å². The highest BCUT2D eigenvalue weighted by atomic mass is 19.4. The van der Waals surface area contributed by atoms with E-state index in [9.17, 15) is 26.3 Å². The molecule has 0 amide bonds. The lowest BCUT2D eigenvalue weighted by molar-refractivity contribution is -0.401. The molecule has 0 unspecified atom stereocenters. The molecule has 0 saturated heterocycles. The number of rotatable bonds is 1. The van der Waals surface area contributed by atoms with Gasteiger partial charge in [0.2, 0.25) is 5.41 Å². The van der Waals surface area contributed by atoms with E-state index in [0.717, 1.165) is 14.0 Å². The Kier molecular flexibility index (Phi) is 3.28. The zero-order chi connectivity index (χ0) is 15.3. The quantitative estimate of drug-likeness (QED) is 0.696. The monoisotopic (exact) mass is 286 g/mol. The lowest BCUT2D eigenvalue weighted by Gasteiger charge is -2.60. The Bertz CT molecular complexity index is 459. The Balaban J connectivity index is 3.66. The predicted molar refractivity (Wildman–Crippen MR) is 48.2 cm³/mol. The molecule has 0 aromatic rings. The Morgan fingerprint density at radius 2 is 1.32 bits per heavy atom. The second-order valence-electron chi connectivity index (χ2n) is 4.28. The average Bonchev–Trinajstić information content (AvgIpc) is 2.23. The first-order valence-corrected chi connectivity index (χ1v) is 4.96. The molecule has 0 N–H and O–H groups in total. The molecule has 0 heterocycles. The summed E-state index contributed by atoms with van der Waals surface area (Å²) in [5.41, 5.74) is -7.74. The molecule has 1 fully saturated rings. The van der Waals surface area contributed by atoms with Crippen LogP contribution in [0, 0.1) is 39.4 Å². The summed E-state index contributed by atoms with van der Waals surface area (Å²) in [6, 6.07) is 1.31. The van der Waals surface area contributed by atoms with Crippen molar-refractivity contribution in [2.45, 2.75) is 25.4 Å². The van der Waals surface area contributed by atoms with Gasteiger partial charge in [-0.2, -0.15) is 36.9 Å². The maximum absolute atomic E-state index is 13.0. The topological polar surface area (TPSA) is 56.8 Å². The molecule has 1 aliphatic carbocycles. The van der Waals surface area contributed by atoms with Crippen LogP contribution in [0.4, 0.5) is 26.3 Å². The van der Waals surface area contributed by atoms with Crippen molar-refractivity contribution in [3.05, 3.63) is 0 Å². The molecule has 19 heavy (non-hydrogen) atoms. The van der Waals surface area contributed by atoms with Crippen LogP contribution < -0.4 is 0 Å². The Labute approximate surface area is 104 Å². The van der Waals surface area contributed by atoms with Crippen molar-refractivity contribution in [2.24, 2.45) is 16.7 Å². The maximum Gasteiger partial charge on any atom is 0.411 e. The van der Waals surface area contributed by atoms with E-state index in [4.69, 9.17) is 10.5 Å². The molecular weight excluding hydrogens is 278 g/mol. The summed E-state index contributed by atoms with van der Waals surface area (Å²) in [5, 5.41) is 17.4. The fourth-order valence-electron chi connectivity index (χ4n) is 2.81. The first kappa shape index (κ1) is 15.6. The highest BCUT2D eigenvalue weighted by Gasteiger charge is 2.90. The van der Waals surface area contributed by atoms with Crippen molar-refractivity contribution in [3.63, 3.8) is 0 Å². The largest absolute Gasteiger partial charge is 0.411 e. The van der Waals surface area contributed by atoms with Crippen LogP contribution in [0.2, 0.25) is 0 Å². The van der Waals surface area contributed by atoms with Gasteiger partial charge in [-0.3, -0.25) is 0 Å². The van der Waals surface area contributed by atoms with Crippen LogP contribution in [-0.2, 0) is 4.74 Å². The van der Waals surface area contributed by atoms with E-state index in [0.29, 0.717) is 12.1 Å². The molecule has 0 bridgehead atoms. The summed E-state index contributed by atoms with van der Waals surface area (Å²) in [6.07, 6.45) is -13.1. The maximum atomic E-state index is 13.0. The van der Waals surface area contributed by atoms with E-state index in [-0.39, 0.29) is 0 Å². The zero-order valence-electron chi connectivity index (χ0n) is 9.73. The molecule has 3 nitrogen and oxygen atoms in total. The van der Waals surface area contributed by atoms with E-state index in [1.165, 1.54) is 0 Å². The lowest BCUT2D eigenvalue weighted by atomic mass is 9.42. The summed E-state index contributed by atoms with van der Waals surface area (Å²) >= 11 is 0. The number of hydrogen-bond donors (Lipinski definition) is 0. The van der Waals surface area contributed by atoms with Crippen LogP contribution in [0.3, 0.4) is 0 Å². The number of hydrogen-bond acceptors (Lipinski definition) is 3. The van der Waals surface area contributed by atoms with Crippen molar-refractivity contribution in [3.8, 4) is 12.1 Å². The van der Waals surface area contributed by atoms with Gasteiger partial charge in [0.05, 0.1) is 18.2 Å². The SMILES string of the molecule is CO[C@H]1[C@@H](C)[C@](C#N)(C(F)(F)F)[C@]1(C#N)C(F)(F)F. The number of halogens is 6. The van der Waals surface area contributed by atoms with Crippen molar-refractivity contribution in [2.75, 3.05) is 7.11 Å². The van der Waals surface area contributed by atoms with Crippen LogP contribution in [0.5, 0.6) is 0 Å². The fraction of sp³-hybridized carbons (Fsp3) is 0.800. The van der Waals surface area contributed by atoms with Gasteiger partial charge in [-0.25, -0.2) is 0 Å². The summed E-state index contributed by atoms with van der Waals surface area (Å²) in [7, 11) is 0.774. The van der Waals surface area contributed by atoms with E-state index in [2.05, 4.69) is 4.74 Å². The second-order valence-corrected chi connectivity index (χ2v) is 4.28. The predicted octanol–water partition coefficient (Wildman–Crippen LogP) is 2.80. The molecule has 1 aliphatic rings. The minimum absolute atomic E-state index is 0.642. The van der Waals surface area contributed by atoms with Gasteiger partial charge in [0.15, 0.2) is 5.41 Å². The van der Waals surface area contributed by atoms with Crippen molar-refractivity contribution < 1.29 is 31.1 Å². The van der Waals surface area contributed by atoms with Crippen LogP contribution >= 0.6 is 0 Å². The first-order valence-electron chi connectivity index (χ1n) is 4.96. The third kappa shape index (κ3) is 1.42. The molecule has 0 radical (unpaired) electrons. The fourth-order valence-corrected chi connectivity index (χ4v) is 2.81. The standard InChI is InChI=1S/C10H8F6N2O/c1-5-6(19-2)8(4-18,10(14,15)16)7(5,3-17)9(11,12)13/h5-6H,1-2H3/t5-,6+,7+,8-/m1/s1. The van der Waals surface area contributed by atoms with Crippen molar-refractivity contribution >= 4 is 0 Å². The summed E-state index contributed by atoms with van der Waals surface area (Å²) in [5.74, 6) is -1.80.